The first-order valence-electron chi connectivity index (χ1n) is 8.78. The molecule has 0 unspecified atom stereocenters. The highest BCUT2D eigenvalue weighted by Crippen LogP contribution is 2.15. The second-order valence-corrected chi connectivity index (χ2v) is 8.00. The van der Waals surface area contributed by atoms with Crippen LogP contribution in [0.5, 0.6) is 0 Å². The molecule has 1 heterocycles. The first-order chi connectivity index (χ1) is 14.7. The van der Waals surface area contributed by atoms with Gasteiger partial charge in [-0.15, -0.1) is 0 Å². The van der Waals surface area contributed by atoms with Crippen molar-refractivity contribution in [3.8, 4) is 0 Å². The van der Waals surface area contributed by atoms with Crippen molar-refractivity contribution in [1.82, 2.24) is 20.8 Å². The van der Waals surface area contributed by atoms with Crippen LogP contribution in [0, 0.1) is 6.92 Å². The number of hydrogen-bond acceptors (Lipinski definition) is 6. The molecule has 0 aliphatic carbocycles. The van der Waals surface area contributed by atoms with Gasteiger partial charge in [0.05, 0.1) is 0 Å². The third-order valence-electron chi connectivity index (χ3n) is 4.13. The van der Waals surface area contributed by atoms with Gasteiger partial charge in [-0.25, -0.2) is 13.2 Å². The average molecular weight is 443 g/mol. The molecule has 0 saturated carbocycles. The number of aromatic amines is 2. The molecule has 0 spiro atoms. The average Bonchev–Trinajstić information content (AvgIpc) is 2.71. The van der Waals surface area contributed by atoms with Gasteiger partial charge in [0, 0.05) is 23.0 Å². The SMILES string of the molecule is Cc1ccccc1C(=O)NNC(=O)c1cccc(NS(=O)(=O)c2c[nH]c(=O)[nH]c2=O)c1. The molecule has 160 valence electrons. The number of carbonyl (C=O) groups excluding carboxylic acids is 2. The number of carbonyl (C=O) groups is 2. The Bertz CT molecular complexity index is 1380. The van der Waals surface area contributed by atoms with Crippen LogP contribution in [0.15, 0.2) is 69.2 Å². The topological polar surface area (TPSA) is 170 Å². The molecule has 31 heavy (non-hydrogen) atoms. The molecule has 11 nitrogen and oxygen atoms in total. The van der Waals surface area contributed by atoms with Gasteiger partial charge < -0.3 is 4.98 Å². The molecular weight excluding hydrogens is 426 g/mol. The lowest BCUT2D eigenvalue weighted by Gasteiger charge is -2.11. The van der Waals surface area contributed by atoms with E-state index in [9.17, 15) is 27.6 Å². The number of benzene rings is 2. The quantitative estimate of drug-likeness (QED) is 0.354. The van der Waals surface area contributed by atoms with Crippen molar-refractivity contribution < 1.29 is 18.0 Å². The van der Waals surface area contributed by atoms with Crippen LogP contribution in [0.3, 0.4) is 0 Å². The highest BCUT2D eigenvalue weighted by Gasteiger charge is 2.19. The summed E-state index contributed by atoms with van der Waals surface area (Å²) < 4.78 is 27.0. The fourth-order valence-corrected chi connectivity index (χ4v) is 3.67. The van der Waals surface area contributed by atoms with Crippen LogP contribution < -0.4 is 26.8 Å². The van der Waals surface area contributed by atoms with Crippen molar-refractivity contribution in [2.45, 2.75) is 11.8 Å². The minimum Gasteiger partial charge on any atom is -0.313 e. The molecule has 12 heteroatoms. The van der Waals surface area contributed by atoms with E-state index in [1.165, 1.54) is 24.3 Å². The van der Waals surface area contributed by atoms with Crippen molar-refractivity contribution >= 4 is 27.5 Å². The Hall–Kier alpha value is -4.19. The lowest BCUT2D eigenvalue weighted by atomic mass is 10.1. The zero-order valence-electron chi connectivity index (χ0n) is 16.1. The predicted octanol–water partition coefficient (Wildman–Crippen LogP) is 0.247. The summed E-state index contributed by atoms with van der Waals surface area (Å²) in [6, 6.07) is 12.2. The van der Waals surface area contributed by atoms with E-state index in [-0.39, 0.29) is 11.3 Å². The molecule has 3 rings (SSSR count). The number of sulfonamides is 1. The van der Waals surface area contributed by atoms with Crippen LogP contribution in [-0.2, 0) is 10.0 Å². The first kappa shape index (κ1) is 21.5. The summed E-state index contributed by atoms with van der Waals surface area (Å²) in [6.45, 7) is 1.75. The van der Waals surface area contributed by atoms with Gasteiger partial charge in [-0.2, -0.15) is 0 Å². The number of H-pyrrole nitrogens is 2. The minimum atomic E-state index is -4.34. The van der Waals surface area contributed by atoms with Crippen molar-refractivity contribution in [2.75, 3.05) is 4.72 Å². The lowest BCUT2D eigenvalue weighted by molar-refractivity contribution is 0.0846. The summed E-state index contributed by atoms with van der Waals surface area (Å²) in [5.41, 5.74) is 3.74. The van der Waals surface area contributed by atoms with E-state index in [0.717, 1.165) is 11.8 Å². The molecule has 0 aliphatic heterocycles. The highest BCUT2D eigenvalue weighted by atomic mass is 32.2. The molecule has 2 aromatic carbocycles. The molecule has 0 aliphatic rings. The molecule has 0 atom stereocenters. The smallest absolute Gasteiger partial charge is 0.313 e. The van der Waals surface area contributed by atoms with Crippen molar-refractivity contribution in [3.63, 3.8) is 0 Å². The maximum absolute atomic E-state index is 12.4. The number of hydrogen-bond donors (Lipinski definition) is 5. The Labute approximate surface area is 175 Å². The Morgan fingerprint density at radius 3 is 2.35 bits per heavy atom. The minimum absolute atomic E-state index is 0.0107. The van der Waals surface area contributed by atoms with Gasteiger partial charge in [-0.1, -0.05) is 24.3 Å². The van der Waals surface area contributed by atoms with Crippen LogP contribution >= 0.6 is 0 Å². The Balaban J connectivity index is 1.73. The predicted molar refractivity (Wildman–Crippen MR) is 111 cm³/mol. The van der Waals surface area contributed by atoms with Crippen LogP contribution in [0.1, 0.15) is 26.3 Å². The van der Waals surface area contributed by atoms with Gasteiger partial charge in [0.15, 0.2) is 4.90 Å². The fraction of sp³-hybridized carbons (Fsp3) is 0.0526. The van der Waals surface area contributed by atoms with Gasteiger partial charge in [0.25, 0.3) is 27.4 Å². The molecule has 0 bridgehead atoms. The summed E-state index contributed by atoms with van der Waals surface area (Å²) in [5.74, 6) is -1.20. The monoisotopic (exact) mass is 443 g/mol. The van der Waals surface area contributed by atoms with Gasteiger partial charge >= 0.3 is 5.69 Å². The molecule has 0 fully saturated rings. The Morgan fingerprint density at radius 2 is 1.65 bits per heavy atom. The fourth-order valence-electron chi connectivity index (χ4n) is 2.61. The zero-order valence-corrected chi connectivity index (χ0v) is 16.9. The molecule has 5 N–H and O–H groups in total. The number of aromatic nitrogens is 2. The van der Waals surface area contributed by atoms with Crippen LogP contribution in [0.2, 0.25) is 0 Å². The van der Waals surface area contributed by atoms with E-state index < -0.39 is 38.0 Å². The van der Waals surface area contributed by atoms with Crippen molar-refractivity contribution in [3.05, 3.63) is 92.3 Å². The summed E-state index contributed by atoms with van der Waals surface area (Å²) in [4.78, 5) is 50.5. The number of aryl methyl sites for hydroxylation is 1. The number of rotatable bonds is 5. The van der Waals surface area contributed by atoms with Gasteiger partial charge in [0.1, 0.15) is 0 Å². The van der Waals surface area contributed by atoms with Gasteiger partial charge in [-0.05, 0) is 36.8 Å². The van der Waals surface area contributed by atoms with Gasteiger partial charge in [-0.3, -0.25) is 34.9 Å². The standard InChI is InChI=1S/C19H17N5O6S/c1-11-5-2-3-8-14(11)17(26)23-22-16(25)12-6-4-7-13(9-12)24-31(29,30)15-10-20-19(28)21-18(15)27/h2-10,24H,1H3,(H,22,25)(H,23,26)(H2,20,21,27,28). The van der Waals surface area contributed by atoms with E-state index in [4.69, 9.17) is 0 Å². The zero-order chi connectivity index (χ0) is 22.6. The van der Waals surface area contributed by atoms with Crippen LogP contribution in [0.4, 0.5) is 5.69 Å². The molecule has 2 amide bonds. The highest BCUT2D eigenvalue weighted by molar-refractivity contribution is 7.92. The summed E-state index contributed by atoms with van der Waals surface area (Å²) >= 11 is 0. The summed E-state index contributed by atoms with van der Waals surface area (Å²) in [6.07, 6.45) is 0.765. The number of hydrazine groups is 1. The number of amides is 2. The van der Waals surface area contributed by atoms with Crippen molar-refractivity contribution in [1.29, 1.82) is 0 Å². The van der Waals surface area contributed by atoms with Crippen LogP contribution in [-0.4, -0.2) is 30.2 Å². The lowest BCUT2D eigenvalue weighted by Crippen LogP contribution is -2.41. The normalized spacial score (nSPS) is 10.9. The third-order valence-corrected chi connectivity index (χ3v) is 5.52. The number of anilines is 1. The molecular formula is C19H17N5O6S. The summed E-state index contributed by atoms with van der Waals surface area (Å²) in [7, 11) is -4.34. The van der Waals surface area contributed by atoms with E-state index in [1.54, 1.807) is 31.2 Å². The second kappa shape index (κ2) is 8.67. The Kier molecular flexibility index (Phi) is 6.02. The van der Waals surface area contributed by atoms with Crippen molar-refractivity contribution in [2.24, 2.45) is 0 Å². The largest absolute Gasteiger partial charge is 0.325 e. The van der Waals surface area contributed by atoms with Gasteiger partial charge in [0.2, 0.25) is 0 Å². The summed E-state index contributed by atoms with van der Waals surface area (Å²) in [5, 5.41) is 0. The van der Waals surface area contributed by atoms with E-state index in [2.05, 4.69) is 20.6 Å². The third kappa shape index (κ3) is 5.05. The number of nitrogens with one attached hydrogen (secondary N) is 5. The maximum Gasteiger partial charge on any atom is 0.325 e. The molecule has 3 aromatic rings. The van der Waals surface area contributed by atoms with E-state index in [0.29, 0.717) is 5.56 Å². The molecule has 1 aromatic heterocycles. The van der Waals surface area contributed by atoms with Crippen LogP contribution in [0.25, 0.3) is 0 Å². The van der Waals surface area contributed by atoms with E-state index in [1.807, 2.05) is 4.98 Å². The molecule has 0 radical (unpaired) electrons. The van der Waals surface area contributed by atoms with E-state index >= 15 is 0 Å². The Morgan fingerprint density at radius 1 is 0.935 bits per heavy atom. The first-order valence-corrected chi connectivity index (χ1v) is 10.3. The molecule has 0 saturated heterocycles. The maximum atomic E-state index is 12.4. The second-order valence-electron chi connectivity index (χ2n) is 6.35.